The molecule has 2 amide bonds. The average Bonchev–Trinajstić information content (AvgIpc) is 2.69. The van der Waals surface area contributed by atoms with Crippen LogP contribution in [0.4, 0.5) is 20.2 Å². The van der Waals surface area contributed by atoms with Gasteiger partial charge in [-0.15, -0.1) is 0 Å². The molecule has 0 saturated carbocycles. The maximum Gasteiger partial charge on any atom is 0.258 e. The highest BCUT2D eigenvalue weighted by molar-refractivity contribution is 6.06. The number of amides is 2. The van der Waals surface area contributed by atoms with Gasteiger partial charge < -0.3 is 10.6 Å². The summed E-state index contributed by atoms with van der Waals surface area (Å²) < 4.78 is 26.8. The number of aryl methyl sites for hydroxylation is 1. The summed E-state index contributed by atoms with van der Waals surface area (Å²) in [6, 6.07) is 11.2. The maximum absolute atomic E-state index is 13.8. The molecule has 5 nitrogen and oxygen atoms in total. The second-order valence-electron chi connectivity index (χ2n) is 6.22. The first-order valence-electron chi connectivity index (χ1n) is 8.68. The third-order valence-corrected chi connectivity index (χ3v) is 4.04. The maximum atomic E-state index is 13.8. The lowest BCUT2D eigenvalue weighted by molar-refractivity contribution is -0.111. The van der Waals surface area contributed by atoms with Crippen molar-refractivity contribution in [2.45, 2.75) is 6.92 Å². The Labute approximate surface area is 166 Å². The highest BCUT2D eigenvalue weighted by Crippen LogP contribution is 2.21. The molecule has 0 aliphatic rings. The molecule has 0 bridgehead atoms. The standard InChI is InChI=1S/C22H17F2N3O2/c1-14-4-7-17(26-22(29)18-8-6-16(23)11-19(18)24)12-20(14)27-21(28)9-5-15-3-2-10-25-13-15/h2-13H,1H3,(H,26,29)(H,27,28)/b9-5+. The van der Waals surface area contributed by atoms with Crippen LogP contribution in [-0.4, -0.2) is 16.8 Å². The molecule has 0 saturated heterocycles. The van der Waals surface area contributed by atoms with Crippen molar-refractivity contribution >= 4 is 29.3 Å². The number of benzene rings is 2. The first-order valence-corrected chi connectivity index (χ1v) is 8.68. The van der Waals surface area contributed by atoms with Crippen LogP contribution >= 0.6 is 0 Å². The number of rotatable bonds is 5. The highest BCUT2D eigenvalue weighted by atomic mass is 19.1. The molecule has 2 aromatic carbocycles. The van der Waals surface area contributed by atoms with Gasteiger partial charge in [-0.2, -0.15) is 0 Å². The van der Waals surface area contributed by atoms with Crippen LogP contribution in [0.5, 0.6) is 0 Å². The predicted molar refractivity (Wildman–Crippen MR) is 107 cm³/mol. The summed E-state index contributed by atoms with van der Waals surface area (Å²) in [6.07, 6.45) is 6.26. The van der Waals surface area contributed by atoms with Crippen LogP contribution in [0.15, 0.2) is 67.0 Å². The molecule has 0 unspecified atom stereocenters. The molecule has 29 heavy (non-hydrogen) atoms. The number of anilines is 2. The van der Waals surface area contributed by atoms with Gasteiger partial charge in [-0.1, -0.05) is 12.1 Å². The number of nitrogens with one attached hydrogen (secondary N) is 2. The molecule has 0 atom stereocenters. The highest BCUT2D eigenvalue weighted by Gasteiger charge is 2.13. The van der Waals surface area contributed by atoms with Gasteiger partial charge in [-0.3, -0.25) is 14.6 Å². The van der Waals surface area contributed by atoms with E-state index in [2.05, 4.69) is 15.6 Å². The number of nitrogens with zero attached hydrogens (tertiary/aromatic N) is 1. The van der Waals surface area contributed by atoms with Gasteiger partial charge in [0.15, 0.2) is 0 Å². The van der Waals surface area contributed by atoms with Gasteiger partial charge >= 0.3 is 0 Å². The van der Waals surface area contributed by atoms with Crippen molar-refractivity contribution in [3.63, 3.8) is 0 Å². The largest absolute Gasteiger partial charge is 0.322 e. The van der Waals surface area contributed by atoms with E-state index in [1.165, 1.54) is 6.08 Å². The minimum Gasteiger partial charge on any atom is -0.322 e. The second kappa shape index (κ2) is 8.88. The number of hydrogen-bond donors (Lipinski definition) is 2. The van der Waals surface area contributed by atoms with Crippen molar-refractivity contribution in [3.8, 4) is 0 Å². The predicted octanol–water partition coefficient (Wildman–Crippen LogP) is 4.57. The van der Waals surface area contributed by atoms with Crippen LogP contribution in [0.25, 0.3) is 6.08 Å². The lowest BCUT2D eigenvalue weighted by Gasteiger charge is -2.11. The van der Waals surface area contributed by atoms with Crippen LogP contribution in [0.3, 0.4) is 0 Å². The average molecular weight is 393 g/mol. The Hall–Kier alpha value is -3.87. The zero-order valence-electron chi connectivity index (χ0n) is 15.4. The zero-order valence-corrected chi connectivity index (χ0v) is 15.4. The first-order chi connectivity index (χ1) is 13.9. The van der Waals surface area contributed by atoms with Crippen LogP contribution in [-0.2, 0) is 4.79 Å². The molecule has 3 aromatic rings. The van der Waals surface area contributed by atoms with Crippen LogP contribution in [0, 0.1) is 18.6 Å². The summed E-state index contributed by atoms with van der Waals surface area (Å²) in [5.41, 5.74) is 2.12. The Kier molecular flexibility index (Phi) is 6.09. The van der Waals surface area contributed by atoms with E-state index in [0.29, 0.717) is 17.4 Å². The van der Waals surface area contributed by atoms with Gasteiger partial charge in [0.2, 0.25) is 5.91 Å². The fourth-order valence-corrected chi connectivity index (χ4v) is 2.53. The Morgan fingerprint density at radius 3 is 2.59 bits per heavy atom. The fourth-order valence-electron chi connectivity index (χ4n) is 2.53. The smallest absolute Gasteiger partial charge is 0.258 e. The molecular formula is C22H17F2N3O2. The van der Waals surface area contributed by atoms with Gasteiger partial charge in [0, 0.05) is 35.9 Å². The van der Waals surface area contributed by atoms with Crippen molar-refractivity contribution in [2.75, 3.05) is 10.6 Å². The quantitative estimate of drug-likeness (QED) is 0.624. The summed E-state index contributed by atoms with van der Waals surface area (Å²) in [5.74, 6) is -2.80. The van der Waals surface area contributed by atoms with Crippen LogP contribution in [0.1, 0.15) is 21.5 Å². The van der Waals surface area contributed by atoms with Crippen molar-refractivity contribution in [2.24, 2.45) is 0 Å². The topological polar surface area (TPSA) is 71.1 Å². The molecular weight excluding hydrogens is 376 g/mol. The zero-order chi connectivity index (χ0) is 20.8. The molecule has 1 aromatic heterocycles. The molecule has 1 heterocycles. The summed E-state index contributed by atoms with van der Waals surface area (Å²) >= 11 is 0. The van der Waals surface area contributed by atoms with Crippen molar-refractivity contribution in [1.29, 1.82) is 0 Å². The number of halogens is 2. The van der Waals surface area contributed by atoms with E-state index >= 15 is 0 Å². The molecule has 0 spiro atoms. The Balaban J connectivity index is 1.71. The van der Waals surface area contributed by atoms with Gasteiger partial charge in [-0.25, -0.2) is 8.78 Å². The minimum absolute atomic E-state index is 0.281. The van der Waals surface area contributed by atoms with Crippen LogP contribution in [0.2, 0.25) is 0 Å². The summed E-state index contributed by atoms with van der Waals surface area (Å²) in [6.45, 7) is 1.80. The van der Waals surface area contributed by atoms with Gasteiger partial charge in [0.25, 0.3) is 5.91 Å². The van der Waals surface area contributed by atoms with E-state index in [1.807, 2.05) is 6.07 Å². The van der Waals surface area contributed by atoms with E-state index in [4.69, 9.17) is 0 Å². The summed E-state index contributed by atoms with van der Waals surface area (Å²) in [5, 5.41) is 5.27. The molecule has 0 radical (unpaired) electrons. The van der Waals surface area contributed by atoms with Gasteiger partial charge in [-0.05, 0) is 54.5 Å². The van der Waals surface area contributed by atoms with Crippen LogP contribution < -0.4 is 10.6 Å². The Bertz CT molecular complexity index is 1080. The molecule has 146 valence electrons. The van der Waals surface area contributed by atoms with Gasteiger partial charge in [0.05, 0.1) is 5.56 Å². The SMILES string of the molecule is Cc1ccc(NC(=O)c2ccc(F)cc2F)cc1NC(=O)/C=C/c1cccnc1. The minimum atomic E-state index is -0.955. The molecule has 0 fully saturated rings. The molecule has 3 rings (SSSR count). The Morgan fingerprint density at radius 2 is 1.86 bits per heavy atom. The van der Waals surface area contributed by atoms with E-state index in [0.717, 1.165) is 23.3 Å². The van der Waals surface area contributed by atoms with E-state index in [9.17, 15) is 18.4 Å². The first kappa shape index (κ1) is 19.9. The third-order valence-electron chi connectivity index (χ3n) is 4.04. The number of carbonyl (C=O) groups excluding carboxylic acids is 2. The van der Waals surface area contributed by atoms with Gasteiger partial charge in [0.1, 0.15) is 11.6 Å². The normalized spacial score (nSPS) is 10.7. The second-order valence-corrected chi connectivity index (χ2v) is 6.22. The number of carbonyl (C=O) groups is 2. The van der Waals surface area contributed by atoms with E-state index in [1.54, 1.807) is 49.7 Å². The molecule has 0 aliphatic heterocycles. The number of hydrogen-bond acceptors (Lipinski definition) is 3. The summed E-state index contributed by atoms with van der Waals surface area (Å²) in [7, 11) is 0. The van der Waals surface area contributed by atoms with Crippen molar-refractivity contribution < 1.29 is 18.4 Å². The lowest BCUT2D eigenvalue weighted by atomic mass is 10.1. The van der Waals surface area contributed by atoms with E-state index in [-0.39, 0.29) is 11.5 Å². The fraction of sp³-hybridized carbons (Fsp3) is 0.0455. The third kappa shape index (κ3) is 5.32. The van der Waals surface area contributed by atoms with Crippen molar-refractivity contribution in [1.82, 2.24) is 4.98 Å². The molecule has 0 aliphatic carbocycles. The number of pyridine rings is 1. The Morgan fingerprint density at radius 1 is 1.03 bits per heavy atom. The van der Waals surface area contributed by atoms with E-state index < -0.39 is 17.5 Å². The summed E-state index contributed by atoms with van der Waals surface area (Å²) in [4.78, 5) is 28.4. The molecule has 7 heteroatoms. The lowest BCUT2D eigenvalue weighted by Crippen LogP contribution is -2.15. The molecule has 2 N–H and O–H groups in total. The number of aromatic nitrogens is 1. The van der Waals surface area contributed by atoms with Crippen molar-refractivity contribution in [3.05, 3.63) is 95.3 Å². The monoisotopic (exact) mass is 393 g/mol.